The second-order valence-corrected chi connectivity index (χ2v) is 4.70. The van der Waals surface area contributed by atoms with E-state index < -0.39 is 0 Å². The number of hydrogen-bond donors (Lipinski definition) is 2. The molecule has 0 saturated heterocycles. The summed E-state index contributed by atoms with van der Waals surface area (Å²) in [6.07, 6.45) is -0.178. The van der Waals surface area contributed by atoms with Crippen molar-refractivity contribution in [1.82, 2.24) is 5.32 Å². The Labute approximate surface area is 130 Å². The summed E-state index contributed by atoms with van der Waals surface area (Å²) < 4.78 is 10.5. The standard InChI is InChI=1S/C17H20N2O3/c1-21-15-10-8-14(9-11-15)19-17(20)18-12-16(22-2)13-6-4-3-5-7-13/h3-11,16H,12H2,1-2H3,(H2,18,19,20)/t16-/m1/s1. The van der Waals surface area contributed by atoms with Crippen LogP contribution in [-0.2, 0) is 4.74 Å². The summed E-state index contributed by atoms with van der Waals surface area (Å²) >= 11 is 0. The van der Waals surface area contributed by atoms with Gasteiger partial charge in [0.2, 0.25) is 0 Å². The van der Waals surface area contributed by atoms with E-state index in [1.165, 1.54) is 0 Å². The van der Waals surface area contributed by atoms with Crippen molar-refractivity contribution in [3.63, 3.8) is 0 Å². The molecule has 0 unspecified atom stereocenters. The van der Waals surface area contributed by atoms with E-state index in [2.05, 4.69) is 10.6 Å². The Morgan fingerprint density at radius 3 is 2.32 bits per heavy atom. The van der Waals surface area contributed by atoms with E-state index in [1.54, 1.807) is 38.5 Å². The van der Waals surface area contributed by atoms with E-state index in [0.29, 0.717) is 12.2 Å². The predicted octanol–water partition coefficient (Wildman–Crippen LogP) is 3.20. The lowest BCUT2D eigenvalue weighted by Crippen LogP contribution is -2.32. The van der Waals surface area contributed by atoms with Crippen LogP contribution in [0, 0.1) is 0 Å². The van der Waals surface area contributed by atoms with Crippen LogP contribution in [0.4, 0.5) is 10.5 Å². The number of carbonyl (C=O) groups excluding carboxylic acids is 1. The first kappa shape index (κ1) is 15.9. The molecule has 0 heterocycles. The van der Waals surface area contributed by atoms with Crippen molar-refractivity contribution in [2.24, 2.45) is 0 Å². The van der Waals surface area contributed by atoms with Crippen LogP contribution in [0.5, 0.6) is 5.75 Å². The number of urea groups is 1. The number of ether oxygens (including phenoxy) is 2. The van der Waals surface area contributed by atoms with E-state index in [0.717, 1.165) is 11.3 Å². The van der Waals surface area contributed by atoms with Crippen molar-refractivity contribution in [3.05, 3.63) is 60.2 Å². The van der Waals surface area contributed by atoms with E-state index in [-0.39, 0.29) is 12.1 Å². The van der Waals surface area contributed by atoms with E-state index in [1.807, 2.05) is 30.3 Å². The van der Waals surface area contributed by atoms with Gasteiger partial charge in [-0.25, -0.2) is 4.79 Å². The Hall–Kier alpha value is -2.53. The topological polar surface area (TPSA) is 59.6 Å². The van der Waals surface area contributed by atoms with Gasteiger partial charge in [-0.1, -0.05) is 30.3 Å². The molecule has 2 aromatic carbocycles. The van der Waals surface area contributed by atoms with E-state index in [4.69, 9.17) is 9.47 Å². The highest BCUT2D eigenvalue weighted by atomic mass is 16.5. The molecule has 0 radical (unpaired) electrons. The van der Waals surface area contributed by atoms with Gasteiger partial charge in [0.05, 0.1) is 13.2 Å². The number of benzene rings is 2. The molecule has 0 saturated carbocycles. The van der Waals surface area contributed by atoms with Crippen LogP contribution in [0.3, 0.4) is 0 Å². The first-order valence-electron chi connectivity index (χ1n) is 6.99. The third kappa shape index (κ3) is 4.49. The van der Waals surface area contributed by atoms with Crippen molar-refractivity contribution in [1.29, 1.82) is 0 Å². The minimum atomic E-state index is -0.275. The molecule has 5 heteroatoms. The van der Waals surface area contributed by atoms with Gasteiger partial charge in [-0.2, -0.15) is 0 Å². The molecule has 2 rings (SSSR count). The van der Waals surface area contributed by atoms with Crippen molar-refractivity contribution < 1.29 is 14.3 Å². The summed E-state index contributed by atoms with van der Waals surface area (Å²) in [6, 6.07) is 16.6. The Balaban J connectivity index is 1.86. The minimum Gasteiger partial charge on any atom is -0.497 e. The smallest absolute Gasteiger partial charge is 0.319 e. The molecule has 116 valence electrons. The van der Waals surface area contributed by atoms with Gasteiger partial charge < -0.3 is 20.1 Å². The van der Waals surface area contributed by atoms with Gasteiger partial charge >= 0.3 is 6.03 Å². The molecule has 0 aliphatic heterocycles. The summed E-state index contributed by atoms with van der Waals surface area (Å²) in [5.74, 6) is 0.745. The maximum absolute atomic E-state index is 11.9. The maximum Gasteiger partial charge on any atom is 0.319 e. The van der Waals surface area contributed by atoms with Crippen LogP contribution in [0.1, 0.15) is 11.7 Å². The lowest BCUT2D eigenvalue weighted by Gasteiger charge is -2.16. The number of amides is 2. The summed E-state index contributed by atoms with van der Waals surface area (Å²) in [4.78, 5) is 11.9. The lowest BCUT2D eigenvalue weighted by molar-refractivity contribution is 0.104. The fourth-order valence-electron chi connectivity index (χ4n) is 2.04. The number of anilines is 1. The zero-order chi connectivity index (χ0) is 15.8. The Bertz CT molecular complexity index is 585. The average molecular weight is 300 g/mol. The zero-order valence-electron chi connectivity index (χ0n) is 12.7. The number of methoxy groups -OCH3 is 2. The second kappa shape index (κ2) is 8.05. The molecule has 2 N–H and O–H groups in total. The summed E-state index contributed by atoms with van der Waals surface area (Å²) in [6.45, 7) is 0.391. The van der Waals surface area contributed by atoms with Gasteiger partial charge in [0, 0.05) is 19.3 Å². The van der Waals surface area contributed by atoms with Gasteiger partial charge in [0.1, 0.15) is 5.75 Å². The highest BCUT2D eigenvalue weighted by Crippen LogP contribution is 2.16. The van der Waals surface area contributed by atoms with Gasteiger partial charge in [0.25, 0.3) is 0 Å². The van der Waals surface area contributed by atoms with Crippen LogP contribution in [0.2, 0.25) is 0 Å². The molecule has 0 bridgehead atoms. The quantitative estimate of drug-likeness (QED) is 0.861. The first-order valence-corrected chi connectivity index (χ1v) is 6.99. The molecule has 1 atom stereocenters. The second-order valence-electron chi connectivity index (χ2n) is 4.70. The molecule has 5 nitrogen and oxygen atoms in total. The highest BCUT2D eigenvalue weighted by molar-refractivity contribution is 5.89. The molecule has 0 fully saturated rings. The van der Waals surface area contributed by atoms with Gasteiger partial charge in [0.15, 0.2) is 0 Å². The van der Waals surface area contributed by atoms with Crippen LogP contribution >= 0.6 is 0 Å². The van der Waals surface area contributed by atoms with Gasteiger partial charge in [-0.05, 0) is 29.8 Å². The van der Waals surface area contributed by atoms with Crippen LogP contribution in [-0.4, -0.2) is 26.8 Å². The lowest BCUT2D eigenvalue weighted by atomic mass is 10.1. The number of carbonyl (C=O) groups is 1. The molecule has 0 aliphatic carbocycles. The highest BCUT2D eigenvalue weighted by Gasteiger charge is 2.11. The Morgan fingerprint density at radius 2 is 1.73 bits per heavy atom. The first-order chi connectivity index (χ1) is 10.7. The number of rotatable bonds is 6. The summed E-state index contributed by atoms with van der Waals surface area (Å²) in [5, 5.41) is 5.57. The molecule has 2 aromatic rings. The molecule has 0 aromatic heterocycles. The molecule has 0 spiro atoms. The zero-order valence-corrected chi connectivity index (χ0v) is 12.7. The van der Waals surface area contributed by atoms with Crippen molar-refractivity contribution in [2.45, 2.75) is 6.10 Å². The van der Waals surface area contributed by atoms with Crippen molar-refractivity contribution >= 4 is 11.7 Å². The largest absolute Gasteiger partial charge is 0.497 e. The van der Waals surface area contributed by atoms with Crippen molar-refractivity contribution in [2.75, 3.05) is 26.1 Å². The molecule has 22 heavy (non-hydrogen) atoms. The molecule has 0 aliphatic rings. The number of hydrogen-bond acceptors (Lipinski definition) is 3. The molecular weight excluding hydrogens is 280 g/mol. The summed E-state index contributed by atoms with van der Waals surface area (Å²) in [5.41, 5.74) is 1.72. The fourth-order valence-corrected chi connectivity index (χ4v) is 2.04. The normalized spacial score (nSPS) is 11.5. The van der Waals surface area contributed by atoms with Crippen LogP contribution in [0.25, 0.3) is 0 Å². The monoisotopic (exact) mass is 300 g/mol. The van der Waals surface area contributed by atoms with Gasteiger partial charge in [-0.3, -0.25) is 0 Å². The third-order valence-electron chi connectivity index (χ3n) is 3.25. The molecule has 2 amide bonds. The molecular formula is C17H20N2O3. The average Bonchev–Trinajstić information content (AvgIpc) is 2.57. The fraction of sp³-hybridized carbons (Fsp3) is 0.235. The Kier molecular flexibility index (Phi) is 5.80. The third-order valence-corrected chi connectivity index (χ3v) is 3.25. The van der Waals surface area contributed by atoms with E-state index in [9.17, 15) is 4.79 Å². The number of nitrogens with one attached hydrogen (secondary N) is 2. The SMILES string of the molecule is COc1ccc(NC(=O)NC[C@@H](OC)c2ccccc2)cc1. The van der Waals surface area contributed by atoms with Crippen LogP contribution < -0.4 is 15.4 Å². The minimum absolute atomic E-state index is 0.178. The summed E-state index contributed by atoms with van der Waals surface area (Å²) in [7, 11) is 3.23. The van der Waals surface area contributed by atoms with Crippen LogP contribution in [0.15, 0.2) is 54.6 Å². The maximum atomic E-state index is 11.9. The predicted molar refractivity (Wildman–Crippen MR) is 86.2 cm³/mol. The van der Waals surface area contributed by atoms with Crippen molar-refractivity contribution in [3.8, 4) is 5.75 Å². The Morgan fingerprint density at radius 1 is 1.05 bits per heavy atom. The van der Waals surface area contributed by atoms with E-state index >= 15 is 0 Å². The van der Waals surface area contributed by atoms with Gasteiger partial charge in [-0.15, -0.1) is 0 Å².